The lowest BCUT2D eigenvalue weighted by Gasteiger charge is -2.50. The second kappa shape index (κ2) is 9.42. The molecule has 36 heavy (non-hydrogen) atoms. The third-order valence-corrected chi connectivity index (χ3v) is 7.68. The average molecular weight is 522 g/mol. The first kappa shape index (κ1) is 27.5. The molecule has 3 aliphatic carbocycles. The van der Waals surface area contributed by atoms with Crippen molar-refractivity contribution in [3.05, 3.63) is 40.2 Å². The zero-order valence-corrected chi connectivity index (χ0v) is 21.4. The fourth-order valence-corrected chi connectivity index (χ4v) is 6.09. The highest BCUT2D eigenvalue weighted by Crippen LogP contribution is 2.53. The summed E-state index contributed by atoms with van der Waals surface area (Å²) in [6.45, 7) is 5.33. The summed E-state index contributed by atoms with van der Waals surface area (Å²) in [6.07, 6.45) is 0.341. The summed E-state index contributed by atoms with van der Waals surface area (Å²) in [7, 11) is 3.15. The molecule has 0 spiro atoms. The summed E-state index contributed by atoms with van der Waals surface area (Å²) >= 11 is 0. The smallest absolute Gasteiger partial charge is 0.255 e. The molecule has 1 fully saturated rings. The zero-order valence-electron chi connectivity index (χ0n) is 20.6. The van der Waals surface area contributed by atoms with E-state index in [4.69, 9.17) is 5.73 Å². The van der Waals surface area contributed by atoms with E-state index in [-0.39, 0.29) is 42.1 Å². The number of fused-ring (bicyclic) bond motifs is 3. The zero-order chi connectivity index (χ0) is 26.0. The van der Waals surface area contributed by atoms with E-state index in [2.05, 4.69) is 4.90 Å². The predicted molar refractivity (Wildman–Crippen MR) is 135 cm³/mol. The molecule has 11 heteroatoms. The number of ketones is 2. The Morgan fingerprint density at radius 1 is 1.14 bits per heavy atom. The fourth-order valence-electron chi connectivity index (χ4n) is 6.09. The van der Waals surface area contributed by atoms with Crippen molar-refractivity contribution in [1.29, 1.82) is 0 Å². The van der Waals surface area contributed by atoms with Gasteiger partial charge in [0.2, 0.25) is 5.78 Å². The minimum absolute atomic E-state index is 0. The van der Waals surface area contributed by atoms with Crippen molar-refractivity contribution in [2.45, 2.75) is 38.3 Å². The van der Waals surface area contributed by atoms with Gasteiger partial charge < -0.3 is 31.1 Å². The molecule has 0 aromatic heterocycles. The van der Waals surface area contributed by atoms with Crippen LogP contribution in [0.2, 0.25) is 0 Å². The van der Waals surface area contributed by atoms with Crippen molar-refractivity contribution in [3.63, 3.8) is 0 Å². The van der Waals surface area contributed by atoms with Crippen LogP contribution in [0, 0.1) is 11.8 Å². The van der Waals surface area contributed by atoms with Gasteiger partial charge in [-0.1, -0.05) is 0 Å². The van der Waals surface area contributed by atoms with Crippen LogP contribution in [0.3, 0.4) is 0 Å². The van der Waals surface area contributed by atoms with E-state index in [0.717, 1.165) is 5.69 Å². The molecule has 2 unspecified atom stereocenters. The largest absolute Gasteiger partial charge is 0.508 e. The van der Waals surface area contributed by atoms with Gasteiger partial charge in [0.15, 0.2) is 11.4 Å². The number of likely N-dealkylation sites (N-methyl/N-ethyl adjacent to an activating group) is 1. The number of aromatic hydroxyl groups is 1. The molecule has 4 rings (SSSR count). The van der Waals surface area contributed by atoms with E-state index in [1.165, 1.54) is 11.0 Å². The Morgan fingerprint density at radius 2 is 1.75 bits per heavy atom. The Kier molecular flexibility index (Phi) is 7.20. The maximum atomic E-state index is 13.8. The molecule has 10 nitrogen and oxygen atoms in total. The Morgan fingerprint density at radius 3 is 2.28 bits per heavy atom. The lowest BCUT2D eigenvalue weighted by atomic mass is 9.57. The number of phenols is 1. The van der Waals surface area contributed by atoms with Crippen molar-refractivity contribution in [2.75, 3.05) is 32.1 Å². The number of carbonyl (C=O) groups is 3. The van der Waals surface area contributed by atoms with E-state index >= 15 is 0 Å². The molecule has 6 N–H and O–H groups in total. The first-order chi connectivity index (χ1) is 16.4. The number of rotatable bonds is 5. The molecule has 3 aliphatic rings. The maximum Gasteiger partial charge on any atom is 0.255 e. The van der Waals surface area contributed by atoms with Gasteiger partial charge in [0.1, 0.15) is 22.8 Å². The van der Waals surface area contributed by atoms with Crippen molar-refractivity contribution >= 4 is 41.3 Å². The summed E-state index contributed by atoms with van der Waals surface area (Å²) < 4.78 is 0. The Bertz CT molecular complexity index is 1200. The molecule has 0 heterocycles. The molecule has 4 atom stereocenters. The van der Waals surface area contributed by atoms with Crippen molar-refractivity contribution in [1.82, 2.24) is 4.90 Å². The molecule has 1 aromatic rings. The third kappa shape index (κ3) is 3.58. The van der Waals surface area contributed by atoms with Crippen molar-refractivity contribution in [3.8, 4) is 5.75 Å². The number of amides is 1. The van der Waals surface area contributed by atoms with Gasteiger partial charge in [0, 0.05) is 30.3 Å². The number of Topliss-reactive ketones (excluding diaryl/α,β-unsaturated/α-hetero) is 2. The number of aliphatic hydroxyl groups is 3. The molecule has 0 saturated heterocycles. The van der Waals surface area contributed by atoms with E-state index in [9.17, 15) is 34.8 Å². The molecular weight excluding hydrogens is 490 g/mol. The van der Waals surface area contributed by atoms with Gasteiger partial charge in [-0.3, -0.25) is 19.3 Å². The highest BCUT2D eigenvalue weighted by atomic mass is 35.5. The van der Waals surface area contributed by atoms with Crippen LogP contribution in [0.1, 0.15) is 31.4 Å². The van der Waals surface area contributed by atoms with Crippen molar-refractivity contribution in [2.24, 2.45) is 17.6 Å². The number of nitrogens with two attached hydrogens (primary N) is 1. The first-order valence-electron chi connectivity index (χ1n) is 11.7. The number of nitrogens with zero attached hydrogens (tertiary/aromatic N) is 2. The Balaban J connectivity index is 0.00000361. The summed E-state index contributed by atoms with van der Waals surface area (Å²) in [5.74, 6) is -6.49. The van der Waals surface area contributed by atoms with Gasteiger partial charge in [-0.15, -0.1) is 12.4 Å². The van der Waals surface area contributed by atoms with Gasteiger partial charge >= 0.3 is 0 Å². The highest BCUT2D eigenvalue weighted by molar-refractivity contribution is 6.24. The number of aliphatic hydroxyl groups excluding tert-OH is 2. The van der Waals surface area contributed by atoms with Crippen LogP contribution < -0.4 is 10.6 Å². The topological polar surface area (TPSA) is 165 Å². The molecular formula is C25H32ClN3O7. The van der Waals surface area contributed by atoms with Crippen LogP contribution in [0.5, 0.6) is 5.75 Å². The van der Waals surface area contributed by atoms with Crippen LogP contribution >= 0.6 is 12.4 Å². The van der Waals surface area contributed by atoms with E-state index in [1.807, 2.05) is 13.8 Å². The van der Waals surface area contributed by atoms with Gasteiger partial charge in [-0.25, -0.2) is 0 Å². The second-order valence-corrected chi connectivity index (χ2v) is 9.59. The van der Waals surface area contributed by atoms with Crippen LogP contribution in [0.4, 0.5) is 5.69 Å². The highest BCUT2D eigenvalue weighted by Gasteiger charge is 2.64. The number of benzene rings is 1. The Labute approximate surface area is 215 Å². The van der Waals surface area contributed by atoms with Gasteiger partial charge in [0.25, 0.3) is 5.91 Å². The number of phenolic OH excluding ortho intramolecular Hbond substituents is 1. The number of hydrogen-bond donors (Lipinski definition) is 5. The lowest BCUT2D eigenvalue weighted by Crippen LogP contribution is -2.65. The predicted octanol–water partition coefficient (Wildman–Crippen LogP) is 1.23. The standard InChI is InChI=1S/C25H31N3O7.ClH/c1-5-28(6-2)14-7-8-15(29)17-12(14)9-11-10-13-19(27(3)4)21(31)18(24(26)34)23(33)25(13,35)22(32)16(11)20(17)30;/h7-8,11,13,19,29-30,33,35H,5-6,9-10H2,1-4H3,(H2,26,34);1H/t11?,13?,19-,25-;/m0./s1. The van der Waals surface area contributed by atoms with Crippen LogP contribution in [0.15, 0.2) is 29.0 Å². The van der Waals surface area contributed by atoms with Gasteiger partial charge in [-0.2, -0.15) is 0 Å². The number of primary amides is 1. The summed E-state index contributed by atoms with van der Waals surface area (Å²) in [5.41, 5.74) is 3.31. The van der Waals surface area contributed by atoms with Crippen LogP contribution in [-0.4, -0.2) is 81.6 Å². The summed E-state index contributed by atoms with van der Waals surface area (Å²) in [4.78, 5) is 42.5. The van der Waals surface area contributed by atoms with Crippen LogP contribution in [-0.2, 0) is 20.8 Å². The minimum Gasteiger partial charge on any atom is -0.508 e. The molecule has 1 saturated carbocycles. The SMILES string of the molecule is CCN(CC)c1ccc(O)c2c1CC1CC3[C@H](N(C)C)C(=O)C(C(N)=O)=C(O)[C@@]3(O)C(=O)C1=C2O.Cl. The lowest BCUT2D eigenvalue weighted by molar-refractivity contribution is -0.153. The molecule has 0 bridgehead atoms. The molecule has 196 valence electrons. The summed E-state index contributed by atoms with van der Waals surface area (Å²) in [5, 5.41) is 44.3. The third-order valence-electron chi connectivity index (χ3n) is 7.68. The molecule has 0 aliphatic heterocycles. The molecule has 1 amide bonds. The number of anilines is 1. The number of hydrogen-bond acceptors (Lipinski definition) is 9. The normalized spacial score (nSPS) is 27.3. The number of halogens is 1. The maximum absolute atomic E-state index is 13.8. The van der Waals surface area contributed by atoms with Crippen LogP contribution in [0.25, 0.3) is 5.76 Å². The van der Waals surface area contributed by atoms with Crippen molar-refractivity contribution < 1.29 is 34.8 Å². The quantitative estimate of drug-likeness (QED) is 0.358. The molecule has 0 radical (unpaired) electrons. The van der Waals surface area contributed by atoms with E-state index in [0.29, 0.717) is 18.7 Å². The second-order valence-electron chi connectivity index (χ2n) is 9.59. The average Bonchev–Trinajstić information content (AvgIpc) is 2.78. The summed E-state index contributed by atoms with van der Waals surface area (Å²) in [6, 6.07) is 2.11. The Hall–Kier alpha value is -3.08. The van der Waals surface area contributed by atoms with E-state index in [1.54, 1.807) is 20.2 Å². The number of carbonyl (C=O) groups excluding carboxylic acids is 3. The monoisotopic (exact) mass is 521 g/mol. The van der Waals surface area contributed by atoms with E-state index < -0.39 is 58.0 Å². The van der Waals surface area contributed by atoms with Gasteiger partial charge in [0.05, 0.1) is 11.6 Å². The fraction of sp³-hybridized carbons (Fsp3) is 0.480. The first-order valence-corrected chi connectivity index (χ1v) is 11.7. The van der Waals surface area contributed by atoms with Gasteiger partial charge in [-0.05, 0) is 64.4 Å². The molecule has 1 aromatic carbocycles. The minimum atomic E-state index is -2.63.